The summed E-state index contributed by atoms with van der Waals surface area (Å²) in [6.45, 7) is 5.17. The lowest BCUT2D eigenvalue weighted by molar-refractivity contribution is -0.126. The van der Waals surface area contributed by atoms with E-state index in [1.54, 1.807) is 6.92 Å². The fourth-order valence-electron chi connectivity index (χ4n) is 2.23. The van der Waals surface area contributed by atoms with E-state index in [1.807, 2.05) is 0 Å². The highest BCUT2D eigenvalue weighted by Gasteiger charge is 2.31. The van der Waals surface area contributed by atoms with Crippen molar-refractivity contribution in [3.8, 4) is 0 Å². The Morgan fingerprint density at radius 1 is 1.32 bits per heavy atom. The van der Waals surface area contributed by atoms with Crippen LogP contribution in [-0.4, -0.2) is 49.1 Å². The molecule has 1 aliphatic rings. The van der Waals surface area contributed by atoms with E-state index in [0.29, 0.717) is 24.5 Å². The van der Waals surface area contributed by atoms with Crippen LogP contribution in [-0.2, 0) is 14.8 Å². The minimum Gasteiger partial charge on any atom is -0.361 e. The van der Waals surface area contributed by atoms with Gasteiger partial charge in [0.2, 0.25) is 15.9 Å². The molecule has 0 spiro atoms. The maximum atomic E-state index is 12.1. The van der Waals surface area contributed by atoms with Gasteiger partial charge in [-0.3, -0.25) is 15.6 Å². The highest BCUT2D eigenvalue weighted by Crippen LogP contribution is 2.19. The van der Waals surface area contributed by atoms with Gasteiger partial charge >= 0.3 is 0 Å². The summed E-state index contributed by atoms with van der Waals surface area (Å²) in [5, 5.41) is 3.35. The summed E-state index contributed by atoms with van der Waals surface area (Å²) >= 11 is 5.05. The monoisotopic (exact) mass is 350 g/mol. The fraction of sp³-hybridized carbons (Fsp3) is 0.846. The molecule has 1 amide bonds. The van der Waals surface area contributed by atoms with E-state index in [1.165, 1.54) is 4.31 Å². The molecule has 22 heavy (non-hydrogen) atoms. The second kappa shape index (κ2) is 9.26. The Hall–Kier alpha value is -0.930. The number of hydrogen-bond acceptors (Lipinski definition) is 4. The van der Waals surface area contributed by atoms with Crippen LogP contribution in [0.2, 0.25) is 0 Å². The molecule has 0 aromatic carbocycles. The average Bonchev–Trinajstić information content (AvgIpc) is 2.53. The van der Waals surface area contributed by atoms with Gasteiger partial charge < -0.3 is 5.32 Å². The van der Waals surface area contributed by atoms with Crippen LogP contribution in [0.1, 0.15) is 39.5 Å². The summed E-state index contributed by atoms with van der Waals surface area (Å²) in [6.07, 6.45) is 3.43. The smallest absolute Gasteiger partial charge is 0.242 e. The quantitative estimate of drug-likeness (QED) is 0.364. The third kappa shape index (κ3) is 6.05. The molecular formula is C13H26N4O3S2. The number of piperidine rings is 1. The Morgan fingerprint density at radius 3 is 2.68 bits per heavy atom. The Bertz CT molecular complexity index is 482. The van der Waals surface area contributed by atoms with E-state index >= 15 is 0 Å². The molecule has 0 aromatic heterocycles. The molecule has 1 heterocycles. The summed E-state index contributed by atoms with van der Waals surface area (Å²) < 4.78 is 25.2. The first-order valence-electron chi connectivity index (χ1n) is 7.72. The standard InChI is InChI=1S/C13H26N4O3S2/c1-3-5-8-14-13(21)16-15-12(18)11-7-6-9-17(10-11)22(19,20)4-2/h11H,3-10H2,1-2H3,(H,15,18)(H2,14,16,21)/t11-/m0/s1. The summed E-state index contributed by atoms with van der Waals surface area (Å²) in [6, 6.07) is 0. The van der Waals surface area contributed by atoms with Crippen molar-refractivity contribution in [3.05, 3.63) is 0 Å². The average molecular weight is 351 g/mol. The molecule has 0 unspecified atom stereocenters. The molecule has 3 N–H and O–H groups in total. The molecule has 9 heteroatoms. The van der Waals surface area contributed by atoms with E-state index in [2.05, 4.69) is 23.1 Å². The van der Waals surface area contributed by atoms with E-state index < -0.39 is 10.0 Å². The number of thiocarbonyl (C=S) groups is 1. The number of carbonyl (C=O) groups is 1. The lowest BCUT2D eigenvalue weighted by Gasteiger charge is -2.30. The Morgan fingerprint density at radius 2 is 2.05 bits per heavy atom. The molecule has 7 nitrogen and oxygen atoms in total. The Kier molecular flexibility index (Phi) is 8.05. The Balaban J connectivity index is 2.40. The van der Waals surface area contributed by atoms with E-state index in [9.17, 15) is 13.2 Å². The normalized spacial score (nSPS) is 19.5. The van der Waals surface area contributed by atoms with Crippen LogP contribution < -0.4 is 16.2 Å². The van der Waals surface area contributed by atoms with Gasteiger partial charge in [-0.25, -0.2) is 12.7 Å². The van der Waals surface area contributed by atoms with Gasteiger partial charge in [-0.15, -0.1) is 0 Å². The van der Waals surface area contributed by atoms with Crippen LogP contribution in [0.25, 0.3) is 0 Å². The van der Waals surface area contributed by atoms with Crippen molar-refractivity contribution in [2.45, 2.75) is 39.5 Å². The lowest BCUT2D eigenvalue weighted by atomic mass is 9.99. The highest BCUT2D eigenvalue weighted by atomic mass is 32.2. The molecule has 1 atom stereocenters. The molecule has 0 aliphatic carbocycles. The van der Waals surface area contributed by atoms with Crippen LogP contribution >= 0.6 is 12.2 Å². The summed E-state index contributed by atoms with van der Waals surface area (Å²) in [7, 11) is -3.24. The minimum atomic E-state index is -3.24. The number of nitrogens with zero attached hydrogens (tertiary/aromatic N) is 1. The van der Waals surface area contributed by atoms with Gasteiger partial charge in [0, 0.05) is 19.6 Å². The first-order chi connectivity index (χ1) is 10.4. The molecule has 128 valence electrons. The number of hydrazine groups is 1. The van der Waals surface area contributed by atoms with E-state index in [-0.39, 0.29) is 24.1 Å². The fourth-order valence-corrected chi connectivity index (χ4v) is 3.57. The zero-order valence-electron chi connectivity index (χ0n) is 13.2. The number of carbonyl (C=O) groups excluding carboxylic acids is 1. The van der Waals surface area contributed by atoms with Gasteiger partial charge in [-0.2, -0.15) is 0 Å². The van der Waals surface area contributed by atoms with Crippen molar-refractivity contribution >= 4 is 33.3 Å². The van der Waals surface area contributed by atoms with Crippen molar-refractivity contribution in [1.29, 1.82) is 0 Å². The predicted molar refractivity (Wildman–Crippen MR) is 90.5 cm³/mol. The lowest BCUT2D eigenvalue weighted by Crippen LogP contribution is -2.52. The number of hydrogen-bond donors (Lipinski definition) is 3. The van der Waals surface area contributed by atoms with Gasteiger partial charge in [0.25, 0.3) is 0 Å². The number of unbranched alkanes of at least 4 members (excludes halogenated alkanes) is 1. The van der Waals surface area contributed by atoms with Gasteiger partial charge in [-0.05, 0) is 38.4 Å². The topological polar surface area (TPSA) is 90.5 Å². The second-order valence-corrected chi connectivity index (χ2v) is 7.99. The zero-order valence-corrected chi connectivity index (χ0v) is 14.9. The van der Waals surface area contributed by atoms with E-state index in [0.717, 1.165) is 19.4 Å². The minimum absolute atomic E-state index is 0.0605. The summed E-state index contributed by atoms with van der Waals surface area (Å²) in [5.74, 6) is -0.512. The number of sulfonamides is 1. The van der Waals surface area contributed by atoms with Crippen LogP contribution in [0.4, 0.5) is 0 Å². The second-order valence-electron chi connectivity index (χ2n) is 5.32. The first kappa shape index (κ1) is 19.1. The van der Waals surface area contributed by atoms with Gasteiger partial charge in [0.15, 0.2) is 5.11 Å². The number of amides is 1. The molecule has 1 fully saturated rings. The number of nitrogens with one attached hydrogen (secondary N) is 3. The van der Waals surface area contributed by atoms with Gasteiger partial charge in [-0.1, -0.05) is 13.3 Å². The highest BCUT2D eigenvalue weighted by molar-refractivity contribution is 7.89. The first-order valence-corrected chi connectivity index (χ1v) is 9.74. The summed E-state index contributed by atoms with van der Waals surface area (Å²) in [5.41, 5.74) is 5.21. The van der Waals surface area contributed by atoms with Crippen molar-refractivity contribution < 1.29 is 13.2 Å². The molecular weight excluding hydrogens is 324 g/mol. The van der Waals surface area contributed by atoms with Gasteiger partial charge in [0.1, 0.15) is 0 Å². The van der Waals surface area contributed by atoms with Crippen molar-refractivity contribution in [2.75, 3.05) is 25.4 Å². The third-order valence-corrected chi connectivity index (χ3v) is 5.72. The third-order valence-electron chi connectivity index (χ3n) is 3.63. The van der Waals surface area contributed by atoms with Crippen LogP contribution in [0, 0.1) is 5.92 Å². The number of rotatable bonds is 6. The van der Waals surface area contributed by atoms with Crippen LogP contribution in [0.3, 0.4) is 0 Å². The molecule has 0 bridgehead atoms. The van der Waals surface area contributed by atoms with E-state index in [4.69, 9.17) is 12.2 Å². The van der Waals surface area contributed by atoms with Crippen LogP contribution in [0.15, 0.2) is 0 Å². The largest absolute Gasteiger partial charge is 0.361 e. The zero-order chi connectivity index (χ0) is 16.6. The summed E-state index contributed by atoms with van der Waals surface area (Å²) in [4.78, 5) is 12.1. The van der Waals surface area contributed by atoms with Crippen molar-refractivity contribution in [2.24, 2.45) is 5.92 Å². The maximum Gasteiger partial charge on any atom is 0.242 e. The molecule has 1 saturated heterocycles. The van der Waals surface area contributed by atoms with Crippen LogP contribution in [0.5, 0.6) is 0 Å². The molecule has 0 aromatic rings. The SMILES string of the molecule is CCCCNC(=S)NNC(=O)[C@H]1CCCN(S(=O)(=O)CC)C1. The molecule has 0 radical (unpaired) electrons. The van der Waals surface area contributed by atoms with Gasteiger partial charge in [0.05, 0.1) is 11.7 Å². The predicted octanol–water partition coefficient (Wildman–Crippen LogP) is 0.344. The Labute approximate surface area is 138 Å². The molecule has 1 rings (SSSR count). The molecule has 1 aliphatic heterocycles. The maximum absolute atomic E-state index is 12.1. The van der Waals surface area contributed by atoms with Crippen molar-refractivity contribution in [1.82, 2.24) is 20.5 Å². The molecule has 0 saturated carbocycles. The van der Waals surface area contributed by atoms with Crippen molar-refractivity contribution in [3.63, 3.8) is 0 Å².